The second kappa shape index (κ2) is 5.68. The van der Waals surface area contributed by atoms with Crippen LogP contribution in [0.25, 0.3) is 0 Å². The second-order valence-electron chi connectivity index (χ2n) is 5.34. The fourth-order valence-corrected chi connectivity index (χ4v) is 4.92. The zero-order chi connectivity index (χ0) is 15.8. The average Bonchev–Trinajstić information content (AvgIpc) is 2.40. The first-order valence-corrected chi connectivity index (χ1v) is 9.94. The lowest BCUT2D eigenvalue weighted by Gasteiger charge is -2.32. The minimum absolute atomic E-state index is 0.183. The molecule has 0 spiro atoms. The maximum atomic E-state index is 12.7. The van der Waals surface area contributed by atoms with Crippen LogP contribution < -0.4 is 0 Å². The molecule has 1 heterocycles. The Kier molecular flexibility index (Phi) is 4.44. The third-order valence-corrected chi connectivity index (χ3v) is 6.97. The Hall–Kier alpha value is -0.960. The van der Waals surface area contributed by atoms with Crippen molar-refractivity contribution in [1.29, 1.82) is 0 Å². The zero-order valence-electron chi connectivity index (χ0n) is 12.4. The molecule has 0 saturated carbocycles. The third-order valence-electron chi connectivity index (χ3n) is 3.63. The minimum Gasteiger partial charge on any atom is -0.213 e. The van der Waals surface area contributed by atoms with Crippen LogP contribution in [0.4, 0.5) is 0 Å². The van der Waals surface area contributed by atoms with E-state index in [1.807, 2.05) is 13.0 Å². The summed E-state index contributed by atoms with van der Waals surface area (Å²) in [7, 11) is -6.83. The summed E-state index contributed by atoms with van der Waals surface area (Å²) in [6.45, 7) is 4.37. The molecule has 1 fully saturated rings. The first-order valence-electron chi connectivity index (χ1n) is 6.65. The number of rotatable bonds is 3. The standard InChI is InChI=1S/C13H20N2O4S2/c1-11-4-5-12(2)13(10-11)21(18,19)15-8-6-14(7-9-15)20(3,16)17/h4-5,10H,6-9H2,1-3H3. The zero-order valence-corrected chi connectivity index (χ0v) is 14.0. The Morgan fingerprint density at radius 3 is 1.95 bits per heavy atom. The fourth-order valence-electron chi connectivity index (χ4n) is 2.37. The van der Waals surface area contributed by atoms with E-state index in [-0.39, 0.29) is 26.2 Å². The van der Waals surface area contributed by atoms with Gasteiger partial charge in [0.15, 0.2) is 0 Å². The summed E-state index contributed by atoms with van der Waals surface area (Å²) in [6, 6.07) is 5.32. The third kappa shape index (κ3) is 3.45. The molecule has 1 aromatic carbocycles. The van der Waals surface area contributed by atoms with Crippen molar-refractivity contribution in [3.8, 4) is 0 Å². The molecule has 0 unspecified atom stereocenters. The minimum atomic E-state index is -3.57. The Balaban J connectivity index is 2.25. The molecule has 2 rings (SSSR count). The summed E-state index contributed by atoms with van der Waals surface area (Å²) in [5, 5.41) is 0. The van der Waals surface area contributed by atoms with Gasteiger partial charge in [-0.15, -0.1) is 0 Å². The van der Waals surface area contributed by atoms with Gasteiger partial charge in [0.2, 0.25) is 20.0 Å². The van der Waals surface area contributed by atoms with Gasteiger partial charge in [0.05, 0.1) is 11.2 Å². The van der Waals surface area contributed by atoms with Crippen LogP contribution in [0.15, 0.2) is 23.1 Å². The summed E-state index contributed by atoms with van der Waals surface area (Å²) >= 11 is 0. The summed E-state index contributed by atoms with van der Waals surface area (Å²) < 4.78 is 51.0. The van der Waals surface area contributed by atoms with Crippen molar-refractivity contribution >= 4 is 20.0 Å². The molecule has 0 N–H and O–H groups in total. The van der Waals surface area contributed by atoms with E-state index in [1.54, 1.807) is 19.1 Å². The quantitative estimate of drug-likeness (QED) is 0.811. The molecule has 0 radical (unpaired) electrons. The first kappa shape index (κ1) is 16.4. The van der Waals surface area contributed by atoms with Gasteiger partial charge in [-0.1, -0.05) is 12.1 Å². The maximum Gasteiger partial charge on any atom is 0.243 e. The van der Waals surface area contributed by atoms with Gasteiger partial charge in [0, 0.05) is 26.2 Å². The van der Waals surface area contributed by atoms with Gasteiger partial charge in [0.1, 0.15) is 0 Å². The number of hydrogen-bond donors (Lipinski definition) is 0. The van der Waals surface area contributed by atoms with Crippen LogP contribution in [0, 0.1) is 13.8 Å². The van der Waals surface area contributed by atoms with E-state index in [1.165, 1.54) is 8.61 Å². The molecule has 8 heteroatoms. The number of piperazine rings is 1. The number of sulfonamides is 2. The highest BCUT2D eigenvalue weighted by molar-refractivity contribution is 7.89. The predicted octanol–water partition coefficient (Wildman–Crippen LogP) is 0.569. The van der Waals surface area contributed by atoms with Gasteiger partial charge in [-0.3, -0.25) is 0 Å². The van der Waals surface area contributed by atoms with Crippen molar-refractivity contribution in [2.45, 2.75) is 18.7 Å². The van der Waals surface area contributed by atoms with Crippen LogP contribution in [0.3, 0.4) is 0 Å². The smallest absolute Gasteiger partial charge is 0.213 e. The van der Waals surface area contributed by atoms with Gasteiger partial charge in [-0.2, -0.15) is 8.61 Å². The van der Waals surface area contributed by atoms with Gasteiger partial charge < -0.3 is 0 Å². The Labute approximate surface area is 126 Å². The molecule has 0 amide bonds. The Morgan fingerprint density at radius 1 is 0.905 bits per heavy atom. The summed E-state index contributed by atoms with van der Waals surface area (Å²) in [6.07, 6.45) is 1.14. The highest BCUT2D eigenvalue weighted by atomic mass is 32.2. The molecule has 1 saturated heterocycles. The molecule has 1 aliphatic heterocycles. The molecule has 0 atom stereocenters. The lowest BCUT2D eigenvalue weighted by Crippen LogP contribution is -2.50. The Bertz CT molecular complexity index is 733. The van der Waals surface area contributed by atoms with Crippen molar-refractivity contribution in [2.75, 3.05) is 32.4 Å². The van der Waals surface area contributed by atoms with E-state index in [9.17, 15) is 16.8 Å². The van der Waals surface area contributed by atoms with Crippen molar-refractivity contribution in [1.82, 2.24) is 8.61 Å². The largest absolute Gasteiger partial charge is 0.243 e. The highest BCUT2D eigenvalue weighted by Crippen LogP contribution is 2.22. The molecule has 1 aliphatic rings. The van der Waals surface area contributed by atoms with E-state index in [2.05, 4.69) is 0 Å². The van der Waals surface area contributed by atoms with Crippen LogP contribution in [0.5, 0.6) is 0 Å². The van der Waals surface area contributed by atoms with E-state index in [4.69, 9.17) is 0 Å². The molecular formula is C13H20N2O4S2. The number of aryl methyl sites for hydroxylation is 2. The fraction of sp³-hybridized carbons (Fsp3) is 0.538. The molecule has 0 bridgehead atoms. The average molecular weight is 332 g/mol. The summed E-state index contributed by atoms with van der Waals surface area (Å²) in [5.41, 5.74) is 1.58. The first-order chi connectivity index (χ1) is 9.62. The van der Waals surface area contributed by atoms with Crippen molar-refractivity contribution in [2.24, 2.45) is 0 Å². The van der Waals surface area contributed by atoms with Crippen LogP contribution in [0.1, 0.15) is 11.1 Å². The molecule has 21 heavy (non-hydrogen) atoms. The molecule has 1 aromatic rings. The highest BCUT2D eigenvalue weighted by Gasteiger charge is 2.32. The van der Waals surface area contributed by atoms with E-state index in [0.29, 0.717) is 10.5 Å². The van der Waals surface area contributed by atoms with Gasteiger partial charge >= 0.3 is 0 Å². The van der Waals surface area contributed by atoms with Gasteiger partial charge in [-0.25, -0.2) is 16.8 Å². The second-order valence-corrected chi connectivity index (χ2v) is 9.22. The predicted molar refractivity (Wildman–Crippen MR) is 81.1 cm³/mol. The molecule has 6 nitrogen and oxygen atoms in total. The van der Waals surface area contributed by atoms with Crippen molar-refractivity contribution in [3.05, 3.63) is 29.3 Å². The topological polar surface area (TPSA) is 74.8 Å². The van der Waals surface area contributed by atoms with E-state index in [0.717, 1.165) is 11.8 Å². The molecule has 0 aromatic heterocycles. The van der Waals surface area contributed by atoms with Crippen LogP contribution in [-0.2, 0) is 20.0 Å². The van der Waals surface area contributed by atoms with Crippen LogP contribution in [-0.4, -0.2) is 57.9 Å². The van der Waals surface area contributed by atoms with Crippen molar-refractivity contribution < 1.29 is 16.8 Å². The van der Waals surface area contributed by atoms with E-state index >= 15 is 0 Å². The Morgan fingerprint density at radius 2 is 1.43 bits per heavy atom. The van der Waals surface area contributed by atoms with Gasteiger partial charge in [0.25, 0.3) is 0 Å². The lowest BCUT2D eigenvalue weighted by atomic mass is 10.2. The summed E-state index contributed by atoms with van der Waals surface area (Å²) in [4.78, 5) is 0.301. The maximum absolute atomic E-state index is 12.7. The summed E-state index contributed by atoms with van der Waals surface area (Å²) in [5.74, 6) is 0. The normalized spacial score (nSPS) is 18.8. The molecular weight excluding hydrogens is 312 g/mol. The monoisotopic (exact) mass is 332 g/mol. The lowest BCUT2D eigenvalue weighted by molar-refractivity contribution is 0.274. The molecule has 118 valence electrons. The molecule has 0 aliphatic carbocycles. The van der Waals surface area contributed by atoms with Gasteiger partial charge in [-0.05, 0) is 31.0 Å². The SMILES string of the molecule is Cc1ccc(C)c(S(=O)(=O)N2CCN(S(C)(=O)=O)CC2)c1. The van der Waals surface area contributed by atoms with Crippen LogP contribution >= 0.6 is 0 Å². The van der Waals surface area contributed by atoms with Crippen molar-refractivity contribution in [3.63, 3.8) is 0 Å². The number of benzene rings is 1. The van der Waals surface area contributed by atoms with E-state index < -0.39 is 20.0 Å². The van der Waals surface area contributed by atoms with Crippen LogP contribution in [0.2, 0.25) is 0 Å². The number of hydrogen-bond acceptors (Lipinski definition) is 4. The number of nitrogens with zero attached hydrogens (tertiary/aromatic N) is 2.